The van der Waals surface area contributed by atoms with E-state index in [2.05, 4.69) is 64.7 Å². The Morgan fingerprint density at radius 1 is 0.944 bits per heavy atom. The molecule has 2 fully saturated rings. The Morgan fingerprint density at radius 3 is 2.54 bits per heavy atom. The lowest BCUT2D eigenvalue weighted by Gasteiger charge is -2.43. The minimum atomic E-state index is -2.79. The van der Waals surface area contributed by atoms with E-state index in [4.69, 9.17) is 14.7 Å². The molecule has 2 saturated heterocycles. The van der Waals surface area contributed by atoms with E-state index in [0.29, 0.717) is 52.1 Å². The molecule has 3 aliphatic rings. The average molecular weight is 747 g/mol. The molecule has 0 unspecified atom stereocenters. The number of nitrogens with one attached hydrogen (secondary N) is 3. The van der Waals surface area contributed by atoms with E-state index in [9.17, 15) is 4.57 Å². The maximum Gasteiger partial charge on any atom is 0.231 e. The molecule has 9 rings (SSSR count). The summed E-state index contributed by atoms with van der Waals surface area (Å²) in [5.41, 5.74) is 8.09. The van der Waals surface area contributed by atoms with Crippen LogP contribution < -0.4 is 25.6 Å². The SMILES string of the molecule is CN1CCN(C2CCN(c3c(-c4cnn(C)c4)cc(Nc4nc(Nc5ccc6nccnc6c5P(C)(C)=O)c5cc[nH]c5n4)c4c3CCCO4)CC2)CC1. The molecule has 280 valence electrons. The summed E-state index contributed by atoms with van der Waals surface area (Å²) in [7, 11) is 1.39. The number of piperazine rings is 1. The molecule has 3 aliphatic heterocycles. The van der Waals surface area contributed by atoms with Gasteiger partial charge in [-0.05, 0) is 70.3 Å². The number of aromatic nitrogens is 7. The van der Waals surface area contributed by atoms with Gasteiger partial charge in [-0.15, -0.1) is 0 Å². The molecular weight excluding hydrogens is 699 g/mol. The number of H-pyrrole nitrogens is 1. The zero-order valence-corrected chi connectivity index (χ0v) is 32.2. The summed E-state index contributed by atoms with van der Waals surface area (Å²) in [6.45, 7) is 10.7. The van der Waals surface area contributed by atoms with Gasteiger partial charge in [-0.25, -0.2) is 0 Å². The van der Waals surface area contributed by atoms with E-state index in [1.54, 1.807) is 25.7 Å². The molecule has 0 aliphatic carbocycles. The van der Waals surface area contributed by atoms with Crippen molar-refractivity contribution in [1.82, 2.24) is 44.5 Å². The van der Waals surface area contributed by atoms with Crippen LogP contribution in [0.3, 0.4) is 0 Å². The second-order valence-electron chi connectivity index (χ2n) is 15.2. The van der Waals surface area contributed by atoms with Gasteiger partial charge in [0, 0.05) is 93.8 Å². The Morgan fingerprint density at radius 2 is 1.76 bits per heavy atom. The van der Waals surface area contributed by atoms with Gasteiger partial charge in [0.15, 0.2) is 0 Å². The van der Waals surface area contributed by atoms with Gasteiger partial charge in [0.25, 0.3) is 0 Å². The van der Waals surface area contributed by atoms with Crippen LogP contribution in [-0.4, -0.2) is 117 Å². The zero-order chi connectivity index (χ0) is 37.0. The fourth-order valence-corrected chi connectivity index (χ4v) is 9.81. The minimum Gasteiger partial charge on any atom is -0.491 e. The van der Waals surface area contributed by atoms with Crippen molar-refractivity contribution in [1.29, 1.82) is 0 Å². The van der Waals surface area contributed by atoms with Crippen LogP contribution in [-0.2, 0) is 18.0 Å². The van der Waals surface area contributed by atoms with E-state index in [1.165, 1.54) is 11.3 Å². The van der Waals surface area contributed by atoms with E-state index >= 15 is 0 Å². The number of anilines is 5. The third-order valence-corrected chi connectivity index (χ3v) is 12.6. The molecule has 0 bridgehead atoms. The highest BCUT2D eigenvalue weighted by Gasteiger charge is 2.32. The summed E-state index contributed by atoms with van der Waals surface area (Å²) >= 11 is 0. The van der Waals surface area contributed by atoms with Crippen molar-refractivity contribution in [3.8, 4) is 16.9 Å². The van der Waals surface area contributed by atoms with Crippen molar-refractivity contribution >= 4 is 63.3 Å². The van der Waals surface area contributed by atoms with Crippen LogP contribution in [0.4, 0.5) is 28.8 Å². The van der Waals surface area contributed by atoms with E-state index < -0.39 is 7.14 Å². The smallest absolute Gasteiger partial charge is 0.231 e. The topological polar surface area (TPSA) is 145 Å². The first-order chi connectivity index (χ1) is 26.2. The van der Waals surface area contributed by atoms with Gasteiger partial charge in [0.2, 0.25) is 5.95 Å². The molecule has 54 heavy (non-hydrogen) atoms. The molecule has 15 heteroatoms. The Hall–Kier alpha value is -5.04. The Balaban J connectivity index is 1.09. The van der Waals surface area contributed by atoms with E-state index in [1.807, 2.05) is 42.3 Å². The predicted octanol–water partition coefficient (Wildman–Crippen LogP) is 5.58. The first-order valence-corrected chi connectivity index (χ1v) is 21.5. The fourth-order valence-electron chi connectivity index (χ4n) is 8.42. The lowest BCUT2D eigenvalue weighted by Crippen LogP contribution is -2.52. The molecule has 0 radical (unpaired) electrons. The molecule has 0 atom stereocenters. The van der Waals surface area contributed by atoms with Crippen LogP contribution in [0.25, 0.3) is 33.2 Å². The number of rotatable bonds is 8. The summed E-state index contributed by atoms with van der Waals surface area (Å²) in [6.07, 6.45) is 13.3. The van der Waals surface area contributed by atoms with Crippen molar-refractivity contribution in [3.05, 3.63) is 60.8 Å². The third kappa shape index (κ3) is 6.56. The highest BCUT2D eigenvalue weighted by molar-refractivity contribution is 7.71. The van der Waals surface area contributed by atoms with Crippen LogP contribution in [0, 0.1) is 0 Å². The molecule has 0 amide bonds. The maximum absolute atomic E-state index is 13.7. The number of likely N-dealkylation sites (N-methyl/N-ethyl adjacent to an activating group) is 1. The van der Waals surface area contributed by atoms with Crippen LogP contribution >= 0.6 is 7.14 Å². The van der Waals surface area contributed by atoms with Gasteiger partial charge in [-0.3, -0.25) is 19.5 Å². The number of aromatic amines is 1. The van der Waals surface area contributed by atoms with Crippen molar-refractivity contribution in [2.45, 2.75) is 31.7 Å². The number of hydrogen-bond donors (Lipinski definition) is 3. The molecule has 4 aromatic heterocycles. The van der Waals surface area contributed by atoms with E-state index in [-0.39, 0.29) is 0 Å². The number of fused-ring (bicyclic) bond motifs is 3. The molecule has 7 heterocycles. The summed E-state index contributed by atoms with van der Waals surface area (Å²) in [5.74, 6) is 1.83. The van der Waals surface area contributed by atoms with Gasteiger partial charge < -0.3 is 34.7 Å². The van der Waals surface area contributed by atoms with Crippen LogP contribution in [0.2, 0.25) is 0 Å². The highest BCUT2D eigenvalue weighted by Crippen LogP contribution is 2.48. The van der Waals surface area contributed by atoms with Gasteiger partial charge in [0.1, 0.15) is 29.9 Å². The van der Waals surface area contributed by atoms with Gasteiger partial charge >= 0.3 is 0 Å². The van der Waals surface area contributed by atoms with Crippen LogP contribution in [0.15, 0.2) is 55.2 Å². The van der Waals surface area contributed by atoms with Crippen molar-refractivity contribution in [2.75, 3.05) is 81.8 Å². The Kier molecular flexibility index (Phi) is 8.99. The van der Waals surface area contributed by atoms with Gasteiger partial charge in [-0.1, -0.05) is 0 Å². The van der Waals surface area contributed by atoms with Gasteiger partial charge in [-0.2, -0.15) is 15.1 Å². The first kappa shape index (κ1) is 34.7. The second-order valence-corrected chi connectivity index (χ2v) is 18.3. The number of piperidine rings is 1. The minimum absolute atomic E-state index is 0.403. The lowest BCUT2D eigenvalue weighted by atomic mass is 9.92. The number of nitrogens with zero attached hydrogens (tertiary/aromatic N) is 9. The van der Waals surface area contributed by atoms with Gasteiger partial charge in [0.05, 0.1) is 46.1 Å². The number of ether oxygens (including phenoxy) is 1. The molecule has 2 aromatic carbocycles. The normalized spacial score (nSPS) is 17.5. The van der Waals surface area contributed by atoms with Crippen LogP contribution in [0.1, 0.15) is 24.8 Å². The van der Waals surface area contributed by atoms with Crippen molar-refractivity contribution in [2.24, 2.45) is 7.05 Å². The van der Waals surface area contributed by atoms with E-state index in [0.717, 1.165) is 92.9 Å². The molecule has 6 aromatic rings. The second kappa shape index (κ2) is 14.0. The highest BCUT2D eigenvalue weighted by atomic mass is 31.2. The molecule has 0 spiro atoms. The van der Waals surface area contributed by atoms with Crippen LogP contribution in [0.5, 0.6) is 5.75 Å². The molecular formula is C39H47N12O2P. The number of hydrogen-bond acceptors (Lipinski definition) is 12. The van der Waals surface area contributed by atoms with Crippen molar-refractivity contribution in [3.63, 3.8) is 0 Å². The number of benzene rings is 2. The standard InChI is InChI=1S/C39H47N12O2P/c1-48-17-19-50(20-18-48)26-10-15-51(16-11-26)34-27-6-5-21-53-35(27)32(22-29(34)25-23-43-49(2)24-25)45-39-46-37-28(9-12-42-37)38(47-39)44-31-8-7-30-33(41-14-13-40-30)36(31)54(3,4)52/h7-9,12-14,22-24,26H,5-6,10-11,15-21H2,1-4H3,(H3,42,44,45,46,47). The Labute approximate surface area is 314 Å². The summed E-state index contributed by atoms with van der Waals surface area (Å²) in [4.78, 5) is 29.9. The summed E-state index contributed by atoms with van der Waals surface area (Å²) in [6, 6.07) is 8.53. The fraction of sp³-hybridized carbons (Fsp3) is 0.410. The quantitative estimate of drug-likeness (QED) is 0.167. The zero-order valence-electron chi connectivity index (χ0n) is 31.3. The number of aryl methyl sites for hydroxylation is 1. The molecule has 14 nitrogen and oxygen atoms in total. The first-order valence-electron chi connectivity index (χ1n) is 18.9. The lowest BCUT2D eigenvalue weighted by molar-refractivity contribution is 0.0982. The molecule has 3 N–H and O–H groups in total. The third-order valence-electron chi connectivity index (χ3n) is 11.1. The predicted molar refractivity (Wildman–Crippen MR) is 216 cm³/mol. The average Bonchev–Trinajstić information content (AvgIpc) is 3.84. The Bertz CT molecular complexity index is 2390. The maximum atomic E-state index is 13.7. The monoisotopic (exact) mass is 746 g/mol. The summed E-state index contributed by atoms with van der Waals surface area (Å²) in [5, 5.41) is 13.1. The largest absolute Gasteiger partial charge is 0.491 e. The summed E-state index contributed by atoms with van der Waals surface area (Å²) < 4.78 is 22.1. The molecule has 0 saturated carbocycles. The van der Waals surface area contributed by atoms with Crippen molar-refractivity contribution < 1.29 is 9.30 Å².